The highest BCUT2D eigenvalue weighted by molar-refractivity contribution is 6.35. The molecule has 0 amide bonds. The van der Waals surface area contributed by atoms with Gasteiger partial charge in [-0.15, -0.1) is 0 Å². The largest absolute Gasteiger partial charge is 0.492 e. The Morgan fingerprint density at radius 3 is 2.85 bits per heavy atom. The fraction of sp³-hybridized carbons (Fsp3) is 0.600. The lowest BCUT2D eigenvalue weighted by Crippen LogP contribution is -2.37. The van der Waals surface area contributed by atoms with Crippen LogP contribution in [0.5, 0.6) is 5.75 Å². The molecule has 1 N–H and O–H groups in total. The Hall–Kier alpha value is -0.480. The summed E-state index contributed by atoms with van der Waals surface area (Å²) in [6.45, 7) is 1.64. The summed E-state index contributed by atoms with van der Waals surface area (Å²) in [4.78, 5) is 2.39. The van der Waals surface area contributed by atoms with Crippen molar-refractivity contribution in [2.45, 2.75) is 38.3 Å². The molecule has 2 rings (SSSR count). The lowest BCUT2D eigenvalue weighted by atomic mass is 10.0. The van der Waals surface area contributed by atoms with Crippen LogP contribution in [0, 0.1) is 0 Å². The number of piperidine rings is 1. The van der Waals surface area contributed by atoms with Crippen molar-refractivity contribution >= 4 is 23.2 Å². The minimum atomic E-state index is -0.126. The Kier molecular flexibility index (Phi) is 5.97. The summed E-state index contributed by atoms with van der Waals surface area (Å²) in [7, 11) is 2.16. The average Bonchev–Trinajstić information content (AvgIpc) is 2.42. The van der Waals surface area contributed by atoms with Crippen molar-refractivity contribution in [3.63, 3.8) is 0 Å². The van der Waals surface area contributed by atoms with Gasteiger partial charge in [0.05, 0.1) is 18.2 Å². The monoisotopic (exact) mass is 317 g/mol. The van der Waals surface area contributed by atoms with Gasteiger partial charge in [0.2, 0.25) is 0 Å². The number of hydrogen-bond donors (Lipinski definition) is 1. The first-order valence-corrected chi connectivity index (χ1v) is 7.79. The first-order chi connectivity index (χ1) is 9.61. The fourth-order valence-corrected chi connectivity index (χ4v) is 3.29. The van der Waals surface area contributed by atoms with Crippen LogP contribution in [-0.4, -0.2) is 36.2 Å². The van der Waals surface area contributed by atoms with Crippen LogP contribution in [0.2, 0.25) is 10.0 Å². The highest BCUT2D eigenvalue weighted by Crippen LogP contribution is 2.32. The molecule has 0 bridgehead atoms. The number of likely N-dealkylation sites (tertiary alicyclic amines) is 1. The molecule has 1 atom stereocenters. The van der Waals surface area contributed by atoms with Gasteiger partial charge in [-0.1, -0.05) is 29.6 Å². The number of ether oxygens (including phenoxy) is 1. The summed E-state index contributed by atoms with van der Waals surface area (Å²) in [5.41, 5.74) is 0.638. The maximum atomic E-state index is 9.35. The average molecular weight is 318 g/mol. The lowest BCUT2D eigenvalue weighted by Gasteiger charge is -2.32. The molecule has 0 aliphatic carbocycles. The van der Waals surface area contributed by atoms with Crippen molar-refractivity contribution in [2.24, 2.45) is 0 Å². The predicted molar refractivity (Wildman–Crippen MR) is 82.8 cm³/mol. The van der Waals surface area contributed by atoms with Gasteiger partial charge in [-0.25, -0.2) is 0 Å². The van der Waals surface area contributed by atoms with Gasteiger partial charge in [-0.05, 0) is 45.0 Å². The third kappa shape index (κ3) is 4.01. The molecule has 5 heteroatoms. The summed E-state index contributed by atoms with van der Waals surface area (Å²) >= 11 is 12.1. The van der Waals surface area contributed by atoms with E-state index in [1.54, 1.807) is 12.1 Å². The minimum absolute atomic E-state index is 0.126. The van der Waals surface area contributed by atoms with Crippen LogP contribution >= 0.6 is 23.2 Å². The second-order valence-electron chi connectivity index (χ2n) is 5.30. The number of halogens is 2. The quantitative estimate of drug-likeness (QED) is 0.898. The molecule has 1 aromatic carbocycles. The maximum absolute atomic E-state index is 9.35. The number of aliphatic hydroxyl groups is 1. The standard InChI is InChI=1S/C15H21Cl2NO2/c1-18-6-3-2-4-13(18)5-7-20-15-11(10-19)8-12(16)9-14(15)17/h8-9,13,19H,2-7,10H2,1H3. The van der Waals surface area contributed by atoms with Crippen LogP contribution < -0.4 is 4.74 Å². The van der Waals surface area contributed by atoms with Gasteiger partial charge < -0.3 is 14.7 Å². The molecule has 1 saturated heterocycles. The van der Waals surface area contributed by atoms with Crippen molar-refractivity contribution in [3.8, 4) is 5.75 Å². The number of benzene rings is 1. The van der Waals surface area contributed by atoms with Crippen LogP contribution in [0.1, 0.15) is 31.2 Å². The molecule has 1 unspecified atom stereocenters. The molecule has 1 fully saturated rings. The molecule has 1 aromatic rings. The molecule has 0 radical (unpaired) electrons. The molecule has 1 aliphatic heterocycles. The van der Waals surface area contributed by atoms with Gasteiger partial charge in [0.25, 0.3) is 0 Å². The minimum Gasteiger partial charge on any atom is -0.492 e. The molecule has 1 aliphatic rings. The summed E-state index contributed by atoms with van der Waals surface area (Å²) in [5.74, 6) is 0.553. The summed E-state index contributed by atoms with van der Waals surface area (Å²) in [5, 5.41) is 10.3. The normalized spacial score (nSPS) is 20.1. The van der Waals surface area contributed by atoms with Crippen molar-refractivity contribution in [2.75, 3.05) is 20.2 Å². The fourth-order valence-electron chi connectivity index (χ4n) is 2.70. The molecule has 3 nitrogen and oxygen atoms in total. The van der Waals surface area contributed by atoms with Gasteiger partial charge >= 0.3 is 0 Å². The maximum Gasteiger partial charge on any atom is 0.143 e. The van der Waals surface area contributed by atoms with E-state index < -0.39 is 0 Å². The Morgan fingerprint density at radius 2 is 2.15 bits per heavy atom. The number of hydrogen-bond acceptors (Lipinski definition) is 3. The first kappa shape index (κ1) is 15.9. The van der Waals surface area contributed by atoms with E-state index in [1.165, 1.54) is 19.3 Å². The molecule has 112 valence electrons. The topological polar surface area (TPSA) is 32.7 Å². The van der Waals surface area contributed by atoms with Gasteiger partial charge in [0.1, 0.15) is 5.75 Å². The molecular formula is C15H21Cl2NO2. The van der Waals surface area contributed by atoms with Crippen molar-refractivity contribution in [1.29, 1.82) is 0 Å². The number of aliphatic hydroxyl groups excluding tert-OH is 1. The number of nitrogens with zero attached hydrogens (tertiary/aromatic N) is 1. The molecule has 0 spiro atoms. The highest BCUT2D eigenvalue weighted by Gasteiger charge is 2.19. The van der Waals surface area contributed by atoms with E-state index in [9.17, 15) is 5.11 Å². The van der Waals surface area contributed by atoms with Crippen molar-refractivity contribution in [1.82, 2.24) is 4.90 Å². The van der Waals surface area contributed by atoms with Gasteiger partial charge in [0, 0.05) is 16.6 Å². The first-order valence-electron chi connectivity index (χ1n) is 7.03. The van der Waals surface area contributed by atoms with Gasteiger partial charge in [-0.2, -0.15) is 0 Å². The van der Waals surface area contributed by atoms with Crippen molar-refractivity contribution < 1.29 is 9.84 Å². The van der Waals surface area contributed by atoms with Crippen LogP contribution in [0.25, 0.3) is 0 Å². The van der Waals surface area contributed by atoms with Crippen molar-refractivity contribution in [3.05, 3.63) is 27.7 Å². The predicted octanol–water partition coefficient (Wildman–Crippen LogP) is 3.74. The van der Waals surface area contributed by atoms with Crippen LogP contribution in [0.15, 0.2) is 12.1 Å². The molecule has 1 heterocycles. The lowest BCUT2D eigenvalue weighted by molar-refractivity contribution is 0.152. The highest BCUT2D eigenvalue weighted by atomic mass is 35.5. The Bertz CT molecular complexity index is 454. The van der Waals surface area contributed by atoms with E-state index in [0.29, 0.717) is 34.0 Å². The van der Waals surface area contributed by atoms with E-state index in [4.69, 9.17) is 27.9 Å². The zero-order chi connectivity index (χ0) is 14.5. The molecule has 0 saturated carbocycles. The zero-order valence-corrected chi connectivity index (χ0v) is 13.3. The Balaban J connectivity index is 1.93. The molecule has 20 heavy (non-hydrogen) atoms. The van der Waals surface area contributed by atoms with Crippen LogP contribution in [0.3, 0.4) is 0 Å². The number of rotatable bonds is 5. The van der Waals surface area contributed by atoms with E-state index in [0.717, 1.165) is 13.0 Å². The van der Waals surface area contributed by atoms with E-state index >= 15 is 0 Å². The van der Waals surface area contributed by atoms with E-state index in [2.05, 4.69) is 11.9 Å². The van der Waals surface area contributed by atoms with E-state index in [-0.39, 0.29) is 6.61 Å². The Morgan fingerprint density at radius 1 is 1.35 bits per heavy atom. The zero-order valence-electron chi connectivity index (χ0n) is 11.7. The Labute approximate surface area is 130 Å². The van der Waals surface area contributed by atoms with E-state index in [1.807, 2.05) is 0 Å². The van der Waals surface area contributed by atoms with Gasteiger partial charge in [-0.3, -0.25) is 0 Å². The second kappa shape index (κ2) is 7.51. The SMILES string of the molecule is CN1CCCCC1CCOc1c(Cl)cc(Cl)cc1CO. The second-order valence-corrected chi connectivity index (χ2v) is 6.14. The summed E-state index contributed by atoms with van der Waals surface area (Å²) in [6.07, 6.45) is 4.77. The third-order valence-electron chi connectivity index (χ3n) is 3.87. The summed E-state index contributed by atoms with van der Waals surface area (Å²) in [6, 6.07) is 3.91. The molecule has 0 aromatic heterocycles. The van der Waals surface area contributed by atoms with Crippen LogP contribution in [-0.2, 0) is 6.61 Å². The third-order valence-corrected chi connectivity index (χ3v) is 4.37. The summed E-state index contributed by atoms with van der Waals surface area (Å²) < 4.78 is 5.79. The smallest absolute Gasteiger partial charge is 0.143 e. The van der Waals surface area contributed by atoms with Crippen LogP contribution in [0.4, 0.5) is 0 Å². The van der Waals surface area contributed by atoms with Gasteiger partial charge in [0.15, 0.2) is 0 Å². The molecular weight excluding hydrogens is 297 g/mol.